The Morgan fingerprint density at radius 3 is 2.38 bits per heavy atom. The van der Waals surface area contributed by atoms with E-state index in [9.17, 15) is 0 Å². The number of nitrogens with zero attached hydrogens (tertiary/aromatic N) is 2. The summed E-state index contributed by atoms with van der Waals surface area (Å²) in [5, 5.41) is 0.790. The average Bonchev–Trinajstić information content (AvgIpc) is 2.93. The molecular formula is C16H16Cl2N2O. The van der Waals surface area contributed by atoms with Crippen LogP contribution in [-0.2, 0) is 11.2 Å². The smallest absolute Gasteiger partial charge is 0.142 e. The lowest BCUT2D eigenvalue weighted by atomic mass is 10.1. The van der Waals surface area contributed by atoms with E-state index in [1.807, 2.05) is 31.2 Å². The van der Waals surface area contributed by atoms with E-state index in [-0.39, 0.29) is 6.10 Å². The highest BCUT2D eigenvalue weighted by Crippen LogP contribution is 2.33. The molecular weight excluding hydrogens is 307 g/mol. The van der Waals surface area contributed by atoms with Crippen LogP contribution in [0, 0.1) is 6.92 Å². The SMILES string of the molecule is Cc1ccc(-c2c(Cl)nc(CC3CCCO3)nc2Cl)cc1. The van der Waals surface area contributed by atoms with Crippen molar-refractivity contribution in [2.45, 2.75) is 32.3 Å². The van der Waals surface area contributed by atoms with Crippen molar-refractivity contribution in [1.29, 1.82) is 0 Å². The first-order chi connectivity index (χ1) is 10.1. The highest BCUT2D eigenvalue weighted by Gasteiger charge is 2.20. The summed E-state index contributed by atoms with van der Waals surface area (Å²) in [5.41, 5.74) is 2.80. The Hall–Kier alpha value is -1.16. The minimum Gasteiger partial charge on any atom is -0.378 e. The van der Waals surface area contributed by atoms with Crippen LogP contribution in [0.2, 0.25) is 10.3 Å². The summed E-state index contributed by atoms with van der Waals surface area (Å²) in [6.07, 6.45) is 2.97. The largest absolute Gasteiger partial charge is 0.378 e. The van der Waals surface area contributed by atoms with Crippen molar-refractivity contribution in [3.05, 3.63) is 46.0 Å². The fraction of sp³-hybridized carbons (Fsp3) is 0.375. The lowest BCUT2D eigenvalue weighted by molar-refractivity contribution is 0.110. The second-order valence-electron chi connectivity index (χ2n) is 5.30. The van der Waals surface area contributed by atoms with Gasteiger partial charge < -0.3 is 4.74 Å². The van der Waals surface area contributed by atoms with Gasteiger partial charge in [-0.15, -0.1) is 0 Å². The lowest BCUT2D eigenvalue weighted by Crippen LogP contribution is -2.12. The highest BCUT2D eigenvalue weighted by molar-refractivity contribution is 6.37. The van der Waals surface area contributed by atoms with E-state index in [0.29, 0.717) is 28.1 Å². The van der Waals surface area contributed by atoms with Gasteiger partial charge in [0.2, 0.25) is 0 Å². The number of hydrogen-bond acceptors (Lipinski definition) is 3. The first-order valence-corrected chi connectivity index (χ1v) is 7.79. The fourth-order valence-corrected chi connectivity index (χ4v) is 3.15. The number of halogens is 2. The van der Waals surface area contributed by atoms with Crippen LogP contribution in [0.5, 0.6) is 0 Å². The normalized spacial score (nSPS) is 18.1. The van der Waals surface area contributed by atoms with Gasteiger partial charge in [0.15, 0.2) is 0 Å². The van der Waals surface area contributed by atoms with Crippen LogP contribution in [0.15, 0.2) is 24.3 Å². The predicted molar refractivity (Wildman–Crippen MR) is 84.9 cm³/mol. The Bertz CT molecular complexity index is 614. The van der Waals surface area contributed by atoms with Crippen LogP contribution in [0.25, 0.3) is 11.1 Å². The quantitative estimate of drug-likeness (QED) is 0.781. The zero-order chi connectivity index (χ0) is 14.8. The lowest BCUT2D eigenvalue weighted by Gasteiger charge is -2.11. The van der Waals surface area contributed by atoms with Gasteiger partial charge in [0.25, 0.3) is 0 Å². The molecule has 0 spiro atoms. The van der Waals surface area contributed by atoms with E-state index >= 15 is 0 Å². The highest BCUT2D eigenvalue weighted by atomic mass is 35.5. The maximum Gasteiger partial charge on any atom is 0.142 e. The van der Waals surface area contributed by atoms with Crippen molar-refractivity contribution in [3.8, 4) is 11.1 Å². The van der Waals surface area contributed by atoms with E-state index in [1.54, 1.807) is 0 Å². The summed E-state index contributed by atoms with van der Waals surface area (Å²) in [6.45, 7) is 2.85. The summed E-state index contributed by atoms with van der Waals surface area (Å²) in [5.74, 6) is 0.646. The maximum atomic E-state index is 6.32. The monoisotopic (exact) mass is 322 g/mol. The molecule has 2 aromatic rings. The second-order valence-corrected chi connectivity index (χ2v) is 6.02. The Labute approximate surface area is 134 Å². The molecule has 3 rings (SSSR count). The molecule has 5 heteroatoms. The van der Waals surface area contributed by atoms with E-state index < -0.39 is 0 Å². The molecule has 1 fully saturated rings. The third-order valence-electron chi connectivity index (χ3n) is 3.64. The van der Waals surface area contributed by atoms with Gasteiger partial charge in [0, 0.05) is 13.0 Å². The number of aromatic nitrogens is 2. The molecule has 2 heterocycles. The number of ether oxygens (including phenoxy) is 1. The van der Waals surface area contributed by atoms with Gasteiger partial charge in [0.1, 0.15) is 16.1 Å². The molecule has 0 amide bonds. The Morgan fingerprint density at radius 1 is 1.14 bits per heavy atom. The summed E-state index contributed by atoms with van der Waals surface area (Å²) >= 11 is 12.6. The van der Waals surface area contributed by atoms with E-state index in [1.165, 1.54) is 5.56 Å². The van der Waals surface area contributed by atoms with E-state index in [2.05, 4.69) is 9.97 Å². The topological polar surface area (TPSA) is 35.0 Å². The predicted octanol–water partition coefficient (Wildman–Crippen LogP) is 4.48. The molecule has 1 aromatic carbocycles. The van der Waals surface area contributed by atoms with Crippen LogP contribution in [-0.4, -0.2) is 22.7 Å². The zero-order valence-electron chi connectivity index (χ0n) is 11.8. The van der Waals surface area contributed by atoms with Crippen molar-refractivity contribution in [3.63, 3.8) is 0 Å². The van der Waals surface area contributed by atoms with Crippen LogP contribution in [0.1, 0.15) is 24.2 Å². The molecule has 110 valence electrons. The Balaban J connectivity index is 1.90. The summed E-state index contributed by atoms with van der Waals surface area (Å²) in [7, 11) is 0. The van der Waals surface area contributed by atoms with E-state index in [4.69, 9.17) is 27.9 Å². The first kappa shape index (κ1) is 14.8. The summed E-state index contributed by atoms with van der Waals surface area (Å²) < 4.78 is 5.60. The molecule has 3 nitrogen and oxygen atoms in total. The molecule has 1 aliphatic rings. The van der Waals surface area contributed by atoms with Crippen molar-refractivity contribution >= 4 is 23.2 Å². The molecule has 0 aliphatic carbocycles. The van der Waals surface area contributed by atoms with Crippen LogP contribution < -0.4 is 0 Å². The molecule has 21 heavy (non-hydrogen) atoms. The van der Waals surface area contributed by atoms with Gasteiger partial charge in [0.05, 0.1) is 11.7 Å². The summed E-state index contributed by atoms with van der Waals surface area (Å²) in [6, 6.07) is 7.99. The minimum absolute atomic E-state index is 0.183. The maximum absolute atomic E-state index is 6.32. The van der Waals surface area contributed by atoms with Gasteiger partial charge in [-0.1, -0.05) is 53.0 Å². The fourth-order valence-electron chi connectivity index (χ4n) is 2.51. The molecule has 0 saturated carbocycles. The molecule has 1 aromatic heterocycles. The third kappa shape index (κ3) is 3.37. The van der Waals surface area contributed by atoms with Gasteiger partial charge >= 0.3 is 0 Å². The molecule has 1 saturated heterocycles. The van der Waals surface area contributed by atoms with Crippen LogP contribution in [0.3, 0.4) is 0 Å². The number of aryl methyl sites for hydroxylation is 1. The molecule has 1 atom stereocenters. The molecule has 0 bridgehead atoms. The van der Waals surface area contributed by atoms with Crippen molar-refractivity contribution in [2.75, 3.05) is 6.61 Å². The van der Waals surface area contributed by atoms with Crippen LogP contribution in [0.4, 0.5) is 0 Å². The second kappa shape index (κ2) is 6.30. The Morgan fingerprint density at radius 2 is 1.81 bits per heavy atom. The summed E-state index contributed by atoms with van der Waals surface area (Å²) in [4.78, 5) is 8.77. The molecule has 0 N–H and O–H groups in total. The number of rotatable bonds is 3. The van der Waals surface area contributed by atoms with Gasteiger partial charge in [-0.2, -0.15) is 0 Å². The van der Waals surface area contributed by atoms with Crippen molar-refractivity contribution in [2.24, 2.45) is 0 Å². The van der Waals surface area contributed by atoms with Gasteiger partial charge in [-0.05, 0) is 25.3 Å². The Kier molecular flexibility index (Phi) is 4.43. The van der Waals surface area contributed by atoms with Crippen molar-refractivity contribution < 1.29 is 4.74 Å². The third-order valence-corrected chi connectivity index (χ3v) is 4.19. The standard InChI is InChI=1S/C16H16Cl2N2O/c1-10-4-6-11(7-5-10)14-15(17)19-13(20-16(14)18)9-12-3-2-8-21-12/h4-7,12H,2-3,8-9H2,1H3. The minimum atomic E-state index is 0.183. The molecule has 1 unspecified atom stereocenters. The van der Waals surface area contributed by atoms with Crippen molar-refractivity contribution in [1.82, 2.24) is 9.97 Å². The zero-order valence-corrected chi connectivity index (χ0v) is 13.3. The van der Waals surface area contributed by atoms with E-state index in [0.717, 1.165) is 25.0 Å². The van der Waals surface area contributed by atoms with Gasteiger partial charge in [-0.3, -0.25) is 0 Å². The molecule has 1 aliphatic heterocycles. The number of benzene rings is 1. The van der Waals surface area contributed by atoms with Crippen LogP contribution >= 0.6 is 23.2 Å². The number of hydrogen-bond donors (Lipinski definition) is 0. The van der Waals surface area contributed by atoms with Gasteiger partial charge in [-0.25, -0.2) is 9.97 Å². The average molecular weight is 323 g/mol. The molecule has 0 radical (unpaired) electrons. The first-order valence-electron chi connectivity index (χ1n) is 7.04.